The number of thiophene rings is 1. The van der Waals surface area contributed by atoms with Crippen molar-refractivity contribution >= 4 is 28.6 Å². The molecule has 2 nitrogen and oxygen atoms in total. The average Bonchev–Trinajstić information content (AvgIpc) is 2.84. The van der Waals surface area contributed by atoms with Gasteiger partial charge in [0.1, 0.15) is 11.9 Å². The van der Waals surface area contributed by atoms with Crippen LogP contribution in [-0.4, -0.2) is 11.7 Å². The Morgan fingerprint density at radius 3 is 2.88 bits per heavy atom. The van der Waals surface area contributed by atoms with Crippen molar-refractivity contribution in [3.05, 3.63) is 51.4 Å². The molecule has 0 saturated carbocycles. The summed E-state index contributed by atoms with van der Waals surface area (Å²) in [6.45, 7) is 0.335. The molecule has 90 valence electrons. The predicted octanol–water partition coefficient (Wildman–Crippen LogP) is 3.69. The number of hydrogen-bond acceptors (Lipinski definition) is 3. The molecule has 0 aliphatic carbocycles. The highest BCUT2D eigenvalue weighted by atomic mass is 35.5. The Kier molecular flexibility index (Phi) is 3.99. The lowest BCUT2D eigenvalue weighted by molar-refractivity contribution is 0.195. The van der Waals surface area contributed by atoms with Gasteiger partial charge in [0.05, 0.1) is 5.02 Å². The zero-order valence-corrected chi connectivity index (χ0v) is 10.4. The zero-order chi connectivity index (χ0) is 12.3. The number of anilines is 1. The van der Waals surface area contributed by atoms with E-state index in [4.69, 9.17) is 11.6 Å². The molecule has 1 heterocycles. The minimum absolute atomic E-state index is 0.0920. The lowest BCUT2D eigenvalue weighted by Crippen LogP contribution is -2.11. The van der Waals surface area contributed by atoms with Crippen molar-refractivity contribution < 1.29 is 9.50 Å². The van der Waals surface area contributed by atoms with Gasteiger partial charge in [-0.15, -0.1) is 11.3 Å². The monoisotopic (exact) mass is 271 g/mol. The Morgan fingerprint density at radius 1 is 1.41 bits per heavy atom. The summed E-state index contributed by atoms with van der Waals surface area (Å²) in [6, 6.07) is 8.21. The molecule has 0 amide bonds. The van der Waals surface area contributed by atoms with Crippen LogP contribution in [-0.2, 0) is 0 Å². The standard InChI is InChI=1S/C12H11ClFNOS/c13-9-4-3-8(6-10(9)14)15-7-11(16)12-2-1-5-17-12/h1-6,11,15-16H,7H2. The molecule has 17 heavy (non-hydrogen) atoms. The van der Waals surface area contributed by atoms with E-state index in [9.17, 15) is 9.50 Å². The van der Waals surface area contributed by atoms with E-state index in [0.717, 1.165) is 4.88 Å². The largest absolute Gasteiger partial charge is 0.386 e. The van der Waals surface area contributed by atoms with Gasteiger partial charge in [-0.2, -0.15) is 0 Å². The third-order valence-corrected chi connectivity index (χ3v) is 3.57. The highest BCUT2D eigenvalue weighted by Crippen LogP contribution is 2.21. The summed E-state index contributed by atoms with van der Waals surface area (Å²) >= 11 is 7.06. The fourth-order valence-electron chi connectivity index (χ4n) is 1.40. The molecule has 0 radical (unpaired) electrons. The molecule has 0 saturated heterocycles. The summed E-state index contributed by atoms with van der Waals surface area (Å²) < 4.78 is 13.1. The highest BCUT2D eigenvalue weighted by molar-refractivity contribution is 7.10. The predicted molar refractivity (Wildman–Crippen MR) is 69.2 cm³/mol. The van der Waals surface area contributed by atoms with Gasteiger partial charge in [0.15, 0.2) is 0 Å². The van der Waals surface area contributed by atoms with Crippen LogP contribution >= 0.6 is 22.9 Å². The van der Waals surface area contributed by atoms with Crippen molar-refractivity contribution in [1.82, 2.24) is 0 Å². The Bertz CT molecular complexity index is 489. The molecule has 0 spiro atoms. The Morgan fingerprint density at radius 2 is 2.24 bits per heavy atom. The molecule has 0 fully saturated rings. The molecule has 5 heteroatoms. The minimum Gasteiger partial charge on any atom is -0.386 e. The number of aliphatic hydroxyl groups is 1. The molecule has 2 aromatic rings. The number of rotatable bonds is 4. The Balaban J connectivity index is 1.96. The third kappa shape index (κ3) is 3.19. The molecule has 1 aromatic carbocycles. The summed E-state index contributed by atoms with van der Waals surface area (Å²) in [6.07, 6.45) is -0.589. The molecular weight excluding hydrogens is 261 g/mol. The van der Waals surface area contributed by atoms with Crippen LogP contribution in [0, 0.1) is 5.82 Å². The molecule has 0 aliphatic rings. The average molecular weight is 272 g/mol. The van der Waals surface area contributed by atoms with E-state index >= 15 is 0 Å². The molecule has 1 unspecified atom stereocenters. The van der Waals surface area contributed by atoms with E-state index in [2.05, 4.69) is 5.32 Å². The molecular formula is C12H11ClFNOS. The number of benzene rings is 1. The summed E-state index contributed by atoms with van der Waals surface area (Å²) in [5.41, 5.74) is 0.600. The van der Waals surface area contributed by atoms with Crippen LogP contribution < -0.4 is 5.32 Å². The Labute approximate surface area is 108 Å². The van der Waals surface area contributed by atoms with Crippen LogP contribution in [0.3, 0.4) is 0 Å². The summed E-state index contributed by atoms with van der Waals surface area (Å²) in [7, 11) is 0. The number of nitrogens with one attached hydrogen (secondary N) is 1. The highest BCUT2D eigenvalue weighted by Gasteiger charge is 2.08. The van der Waals surface area contributed by atoms with E-state index in [-0.39, 0.29) is 5.02 Å². The van der Waals surface area contributed by atoms with Crippen LogP contribution in [0.1, 0.15) is 11.0 Å². The first kappa shape index (κ1) is 12.4. The van der Waals surface area contributed by atoms with Gasteiger partial charge in [0.2, 0.25) is 0 Å². The van der Waals surface area contributed by atoms with E-state index in [0.29, 0.717) is 12.2 Å². The lowest BCUT2D eigenvalue weighted by atomic mass is 10.2. The number of hydrogen-bond donors (Lipinski definition) is 2. The second-order valence-corrected chi connectivity index (χ2v) is 4.93. The summed E-state index contributed by atoms with van der Waals surface area (Å²) in [5, 5.41) is 14.8. The summed E-state index contributed by atoms with van der Waals surface area (Å²) in [5.74, 6) is -0.470. The smallest absolute Gasteiger partial charge is 0.143 e. The maximum atomic E-state index is 13.1. The van der Waals surface area contributed by atoms with Crippen LogP contribution in [0.15, 0.2) is 35.7 Å². The van der Waals surface area contributed by atoms with E-state index < -0.39 is 11.9 Å². The van der Waals surface area contributed by atoms with Crippen LogP contribution in [0.4, 0.5) is 10.1 Å². The van der Waals surface area contributed by atoms with Gasteiger partial charge in [-0.3, -0.25) is 0 Å². The van der Waals surface area contributed by atoms with Crippen LogP contribution in [0.25, 0.3) is 0 Å². The molecule has 0 aliphatic heterocycles. The van der Waals surface area contributed by atoms with Crippen molar-refractivity contribution in [2.75, 3.05) is 11.9 Å². The normalized spacial score (nSPS) is 12.4. The first-order valence-electron chi connectivity index (χ1n) is 5.07. The van der Waals surface area contributed by atoms with E-state index in [1.54, 1.807) is 6.07 Å². The molecule has 0 bridgehead atoms. The molecule has 2 N–H and O–H groups in total. The van der Waals surface area contributed by atoms with Crippen molar-refractivity contribution in [1.29, 1.82) is 0 Å². The van der Waals surface area contributed by atoms with Gasteiger partial charge in [-0.1, -0.05) is 17.7 Å². The fraction of sp³-hybridized carbons (Fsp3) is 0.167. The number of halogens is 2. The lowest BCUT2D eigenvalue weighted by Gasteiger charge is -2.11. The maximum absolute atomic E-state index is 13.1. The first-order chi connectivity index (χ1) is 8.16. The van der Waals surface area contributed by atoms with Gasteiger partial charge in [-0.05, 0) is 29.6 Å². The molecule has 1 aromatic heterocycles. The SMILES string of the molecule is OC(CNc1ccc(Cl)c(F)c1)c1cccs1. The Hall–Kier alpha value is -1.10. The first-order valence-corrected chi connectivity index (χ1v) is 6.33. The van der Waals surface area contributed by atoms with Crippen LogP contribution in [0.2, 0.25) is 5.02 Å². The van der Waals surface area contributed by atoms with Crippen molar-refractivity contribution in [3.8, 4) is 0 Å². The maximum Gasteiger partial charge on any atom is 0.143 e. The molecule has 2 rings (SSSR count). The zero-order valence-electron chi connectivity index (χ0n) is 8.86. The van der Waals surface area contributed by atoms with Gasteiger partial charge < -0.3 is 10.4 Å². The minimum atomic E-state index is -0.589. The van der Waals surface area contributed by atoms with E-state index in [1.165, 1.54) is 23.5 Å². The van der Waals surface area contributed by atoms with Crippen molar-refractivity contribution in [2.45, 2.75) is 6.10 Å². The van der Waals surface area contributed by atoms with Crippen molar-refractivity contribution in [3.63, 3.8) is 0 Å². The van der Waals surface area contributed by atoms with Crippen molar-refractivity contribution in [2.24, 2.45) is 0 Å². The van der Waals surface area contributed by atoms with Crippen LogP contribution in [0.5, 0.6) is 0 Å². The fourth-order valence-corrected chi connectivity index (χ4v) is 2.23. The van der Waals surface area contributed by atoms with E-state index in [1.807, 2.05) is 17.5 Å². The third-order valence-electron chi connectivity index (χ3n) is 2.29. The second kappa shape index (κ2) is 5.49. The van der Waals surface area contributed by atoms with Gasteiger partial charge in [0, 0.05) is 17.1 Å². The number of aliphatic hydroxyl groups excluding tert-OH is 1. The molecule has 1 atom stereocenters. The quantitative estimate of drug-likeness (QED) is 0.889. The topological polar surface area (TPSA) is 32.3 Å². The van der Waals surface area contributed by atoms with Gasteiger partial charge >= 0.3 is 0 Å². The summed E-state index contributed by atoms with van der Waals surface area (Å²) in [4.78, 5) is 0.881. The van der Waals surface area contributed by atoms with Gasteiger partial charge in [-0.25, -0.2) is 4.39 Å². The van der Waals surface area contributed by atoms with Gasteiger partial charge in [0.25, 0.3) is 0 Å². The second-order valence-electron chi connectivity index (χ2n) is 3.54.